The Morgan fingerprint density at radius 1 is 1.37 bits per heavy atom. The van der Waals surface area contributed by atoms with Crippen molar-refractivity contribution in [2.24, 2.45) is 0 Å². The zero-order chi connectivity index (χ0) is 13.4. The number of anilines is 1. The minimum Gasteiger partial charge on any atom is -0.478 e. The first kappa shape index (κ1) is 12.4. The third-order valence-electron chi connectivity index (χ3n) is 4.18. The molecule has 0 radical (unpaired) electrons. The van der Waals surface area contributed by atoms with Crippen molar-refractivity contribution in [1.29, 1.82) is 0 Å². The first-order valence-electron chi connectivity index (χ1n) is 6.69. The number of rotatable bonds is 3. The zero-order valence-corrected chi connectivity index (χ0v) is 10.6. The highest BCUT2D eigenvalue weighted by Gasteiger charge is 2.37. The van der Waals surface area contributed by atoms with Gasteiger partial charge in [0, 0.05) is 18.6 Å². The number of carbonyl (C=O) groups is 1. The quantitative estimate of drug-likeness (QED) is 0.878. The van der Waals surface area contributed by atoms with Gasteiger partial charge >= 0.3 is 5.97 Å². The van der Waals surface area contributed by atoms with Crippen LogP contribution in [0.25, 0.3) is 0 Å². The molecule has 0 amide bonds. The molecule has 2 aliphatic rings. The molecule has 2 saturated heterocycles. The van der Waals surface area contributed by atoms with Crippen molar-refractivity contribution in [2.45, 2.75) is 31.3 Å². The number of aromatic carboxylic acids is 1. The van der Waals surface area contributed by atoms with Crippen LogP contribution in [0.1, 0.15) is 29.6 Å². The summed E-state index contributed by atoms with van der Waals surface area (Å²) in [7, 11) is 0. The van der Waals surface area contributed by atoms with Gasteiger partial charge in [-0.2, -0.15) is 0 Å². The van der Waals surface area contributed by atoms with E-state index in [-0.39, 0.29) is 17.3 Å². The van der Waals surface area contributed by atoms with E-state index in [9.17, 15) is 9.18 Å². The minimum absolute atomic E-state index is 0.0106. The van der Waals surface area contributed by atoms with Gasteiger partial charge in [-0.25, -0.2) is 9.18 Å². The lowest BCUT2D eigenvalue weighted by Crippen LogP contribution is -2.34. The highest BCUT2D eigenvalue weighted by molar-refractivity contribution is 5.94. The molecule has 0 aromatic heterocycles. The number of hydrogen-bond acceptors (Lipinski definition) is 3. The average Bonchev–Trinajstić information content (AvgIpc) is 2.95. The Kier molecular flexibility index (Phi) is 3.14. The summed E-state index contributed by atoms with van der Waals surface area (Å²) in [5.74, 6) is -1.58. The molecule has 2 aliphatic heterocycles. The number of halogens is 1. The molecule has 2 heterocycles. The topological polar surface area (TPSA) is 52.6 Å². The molecule has 4 nitrogen and oxygen atoms in total. The molecule has 0 aliphatic carbocycles. The Bertz CT molecular complexity index is 506. The Morgan fingerprint density at radius 2 is 2.21 bits per heavy atom. The zero-order valence-electron chi connectivity index (χ0n) is 10.6. The molecule has 2 N–H and O–H groups in total. The van der Waals surface area contributed by atoms with E-state index in [1.165, 1.54) is 24.6 Å². The molecule has 3 rings (SSSR count). The fourth-order valence-electron chi connectivity index (χ4n) is 3.29. The first-order chi connectivity index (χ1) is 9.16. The van der Waals surface area contributed by atoms with Crippen LogP contribution in [0.5, 0.6) is 0 Å². The van der Waals surface area contributed by atoms with Crippen molar-refractivity contribution < 1.29 is 14.3 Å². The van der Waals surface area contributed by atoms with E-state index in [1.807, 2.05) is 0 Å². The molecule has 0 spiro atoms. The number of nitrogens with zero attached hydrogens (tertiary/aromatic N) is 1. The van der Waals surface area contributed by atoms with Crippen molar-refractivity contribution in [1.82, 2.24) is 4.90 Å². The van der Waals surface area contributed by atoms with Gasteiger partial charge in [0.1, 0.15) is 5.82 Å². The van der Waals surface area contributed by atoms with Crippen molar-refractivity contribution >= 4 is 11.7 Å². The van der Waals surface area contributed by atoms with E-state index >= 15 is 0 Å². The van der Waals surface area contributed by atoms with Gasteiger partial charge in [-0.3, -0.25) is 4.90 Å². The van der Waals surface area contributed by atoms with Crippen molar-refractivity contribution in [2.75, 3.05) is 18.4 Å². The van der Waals surface area contributed by atoms with Gasteiger partial charge in [-0.05, 0) is 37.9 Å². The summed E-state index contributed by atoms with van der Waals surface area (Å²) in [4.78, 5) is 13.6. The molecule has 5 heteroatoms. The van der Waals surface area contributed by atoms with Crippen molar-refractivity contribution in [3.8, 4) is 0 Å². The molecular weight excluding hydrogens is 247 g/mol. The van der Waals surface area contributed by atoms with Gasteiger partial charge in [-0.15, -0.1) is 0 Å². The Morgan fingerprint density at radius 3 is 3.00 bits per heavy atom. The van der Waals surface area contributed by atoms with Crippen LogP contribution in [0.4, 0.5) is 10.1 Å². The van der Waals surface area contributed by atoms with Crippen LogP contribution >= 0.6 is 0 Å². The summed E-state index contributed by atoms with van der Waals surface area (Å²) in [5, 5.41) is 12.3. The summed E-state index contributed by atoms with van der Waals surface area (Å²) in [6.07, 6.45) is 3.22. The number of carboxylic acids is 1. The van der Waals surface area contributed by atoms with Gasteiger partial charge in [0.2, 0.25) is 0 Å². The van der Waals surface area contributed by atoms with E-state index in [1.54, 1.807) is 0 Å². The van der Waals surface area contributed by atoms with Crippen LogP contribution in [0.3, 0.4) is 0 Å². The molecule has 1 aromatic carbocycles. The molecule has 102 valence electrons. The predicted octanol–water partition coefficient (Wildman–Crippen LogP) is 2.17. The van der Waals surface area contributed by atoms with E-state index in [0.29, 0.717) is 6.04 Å². The van der Waals surface area contributed by atoms with Crippen LogP contribution in [0.15, 0.2) is 18.2 Å². The molecule has 19 heavy (non-hydrogen) atoms. The Labute approximate surface area is 111 Å². The summed E-state index contributed by atoms with van der Waals surface area (Å²) < 4.78 is 13.9. The second-order valence-electron chi connectivity index (χ2n) is 5.25. The Balaban J connectivity index is 1.85. The lowest BCUT2D eigenvalue weighted by Gasteiger charge is -2.23. The average molecular weight is 264 g/mol. The number of para-hydroxylation sites is 1. The van der Waals surface area contributed by atoms with Crippen molar-refractivity contribution in [3.63, 3.8) is 0 Å². The highest BCUT2D eigenvalue weighted by Crippen LogP contribution is 2.31. The van der Waals surface area contributed by atoms with E-state index in [2.05, 4.69) is 10.2 Å². The van der Waals surface area contributed by atoms with E-state index in [0.717, 1.165) is 25.9 Å². The van der Waals surface area contributed by atoms with E-state index in [4.69, 9.17) is 5.11 Å². The number of hydrogen-bond donors (Lipinski definition) is 2. The van der Waals surface area contributed by atoms with Crippen LogP contribution in [0.2, 0.25) is 0 Å². The van der Waals surface area contributed by atoms with Crippen LogP contribution in [0, 0.1) is 5.82 Å². The smallest absolute Gasteiger partial charge is 0.337 e. The third kappa shape index (κ3) is 2.18. The summed E-state index contributed by atoms with van der Waals surface area (Å²) in [6.45, 7) is 2.12. The summed E-state index contributed by atoms with van der Waals surface area (Å²) in [6, 6.07) is 4.74. The van der Waals surface area contributed by atoms with Gasteiger partial charge in [0.05, 0.1) is 11.3 Å². The first-order valence-corrected chi connectivity index (χ1v) is 6.69. The van der Waals surface area contributed by atoms with Gasteiger partial charge in [-0.1, -0.05) is 6.07 Å². The van der Waals surface area contributed by atoms with Crippen LogP contribution in [-0.4, -0.2) is 41.1 Å². The summed E-state index contributed by atoms with van der Waals surface area (Å²) >= 11 is 0. The highest BCUT2D eigenvalue weighted by atomic mass is 19.1. The number of nitrogens with one attached hydrogen (secondary N) is 1. The normalized spacial score (nSPS) is 26.4. The Hall–Kier alpha value is -1.62. The molecule has 2 fully saturated rings. The predicted molar refractivity (Wildman–Crippen MR) is 70.0 cm³/mol. The maximum Gasteiger partial charge on any atom is 0.337 e. The molecule has 2 unspecified atom stereocenters. The maximum atomic E-state index is 13.9. The number of benzene rings is 1. The molecular formula is C14H17FN2O2. The minimum atomic E-state index is -1.09. The molecule has 0 saturated carbocycles. The molecule has 2 atom stereocenters. The lowest BCUT2D eigenvalue weighted by molar-refractivity contribution is 0.0697. The van der Waals surface area contributed by atoms with Gasteiger partial charge < -0.3 is 10.4 Å². The second kappa shape index (κ2) is 4.81. The van der Waals surface area contributed by atoms with Crippen molar-refractivity contribution in [3.05, 3.63) is 29.6 Å². The van der Waals surface area contributed by atoms with E-state index < -0.39 is 11.8 Å². The standard InChI is InChI=1S/C14H17FN2O2/c15-10-4-1-3-9(14(18)19)13(10)16-11-6-8-17-7-2-5-12(11)17/h1,3-4,11-12,16H,2,5-8H2,(H,18,19). The lowest BCUT2D eigenvalue weighted by atomic mass is 10.0. The SMILES string of the molecule is O=C(O)c1cccc(F)c1NC1CCN2CCCC12. The van der Waals surface area contributed by atoms with Crippen LogP contribution in [-0.2, 0) is 0 Å². The van der Waals surface area contributed by atoms with Gasteiger partial charge in [0.15, 0.2) is 0 Å². The molecule has 0 bridgehead atoms. The van der Waals surface area contributed by atoms with Gasteiger partial charge in [0.25, 0.3) is 0 Å². The molecule has 1 aromatic rings. The number of fused-ring (bicyclic) bond motifs is 1. The maximum absolute atomic E-state index is 13.9. The monoisotopic (exact) mass is 264 g/mol. The van der Waals surface area contributed by atoms with Crippen LogP contribution < -0.4 is 5.32 Å². The number of carboxylic acid groups (broad SMARTS) is 1. The summed E-state index contributed by atoms with van der Waals surface area (Å²) in [5.41, 5.74) is 0.144. The fraction of sp³-hybridized carbons (Fsp3) is 0.500. The second-order valence-corrected chi connectivity index (χ2v) is 5.25. The third-order valence-corrected chi connectivity index (χ3v) is 4.18. The largest absolute Gasteiger partial charge is 0.478 e. The fourth-order valence-corrected chi connectivity index (χ4v) is 3.29.